The van der Waals surface area contributed by atoms with Gasteiger partial charge in [-0.15, -0.1) is 0 Å². The summed E-state index contributed by atoms with van der Waals surface area (Å²) in [5, 5.41) is 2.86. The summed E-state index contributed by atoms with van der Waals surface area (Å²) in [5.41, 5.74) is 10.8. The fourth-order valence-electron chi connectivity index (χ4n) is 1.73. The van der Waals surface area contributed by atoms with E-state index < -0.39 is 17.4 Å². The number of halogens is 3. The van der Waals surface area contributed by atoms with Gasteiger partial charge in [0.25, 0.3) is 0 Å². The summed E-state index contributed by atoms with van der Waals surface area (Å²) < 4.78 is 37.3. The summed E-state index contributed by atoms with van der Waals surface area (Å²) in [7, 11) is 0. The molecule has 1 atom stereocenters. The smallest absolute Gasteiger partial charge is 0.399 e. The van der Waals surface area contributed by atoms with Crippen molar-refractivity contribution in [2.75, 3.05) is 0 Å². The molecule has 0 saturated carbocycles. The molecule has 1 aromatic carbocycles. The largest absolute Gasteiger partial charge is 0.416 e. The van der Waals surface area contributed by atoms with Gasteiger partial charge < -0.3 is 16.8 Å². The molecule has 0 aliphatic carbocycles. The van der Waals surface area contributed by atoms with E-state index in [9.17, 15) is 13.2 Å². The topological polar surface area (TPSA) is 64.1 Å². The molecule has 96 valence electrons. The van der Waals surface area contributed by atoms with Crippen LogP contribution in [0.3, 0.4) is 0 Å². The quantitative estimate of drug-likeness (QED) is 0.716. The van der Waals surface area contributed by atoms with E-state index in [1.54, 1.807) is 18.4 Å². The molecule has 0 radical (unpaired) electrons. The van der Waals surface area contributed by atoms with E-state index in [4.69, 9.17) is 11.5 Å². The van der Waals surface area contributed by atoms with E-state index in [-0.39, 0.29) is 0 Å². The molecule has 0 bridgehead atoms. The summed E-state index contributed by atoms with van der Waals surface area (Å²) in [4.78, 5) is 0. The summed E-state index contributed by atoms with van der Waals surface area (Å²) in [5.74, 6) is 0. The molecule has 18 heavy (non-hydrogen) atoms. The Morgan fingerprint density at radius 3 is 2.22 bits per heavy atom. The second-order valence-corrected chi connectivity index (χ2v) is 4.07. The Hall–Kier alpha value is -1.95. The predicted octanol–water partition coefficient (Wildman–Crippen LogP) is 1.78. The molecule has 3 nitrogen and oxygen atoms in total. The van der Waals surface area contributed by atoms with E-state index in [0.29, 0.717) is 11.3 Å². The van der Waals surface area contributed by atoms with Crippen LogP contribution in [0.5, 0.6) is 0 Å². The van der Waals surface area contributed by atoms with Crippen LogP contribution in [-0.4, -0.2) is 0 Å². The zero-order valence-electron chi connectivity index (χ0n) is 9.33. The molecule has 1 unspecified atom stereocenters. The zero-order valence-corrected chi connectivity index (χ0v) is 9.33. The van der Waals surface area contributed by atoms with Crippen molar-refractivity contribution in [3.05, 3.63) is 59.4 Å². The highest BCUT2D eigenvalue weighted by atomic mass is 19.4. The van der Waals surface area contributed by atoms with Crippen molar-refractivity contribution in [2.45, 2.75) is 11.8 Å². The van der Waals surface area contributed by atoms with Gasteiger partial charge in [-0.05, 0) is 29.8 Å². The molecule has 5 N–H and O–H groups in total. The highest BCUT2D eigenvalue weighted by molar-refractivity contribution is 5.37. The van der Waals surface area contributed by atoms with Crippen molar-refractivity contribution in [1.82, 2.24) is 5.32 Å². The van der Waals surface area contributed by atoms with Crippen molar-refractivity contribution in [3.8, 4) is 0 Å². The van der Waals surface area contributed by atoms with Crippen LogP contribution >= 0.6 is 0 Å². The van der Waals surface area contributed by atoms with E-state index in [0.717, 1.165) is 12.1 Å². The average Bonchev–Trinajstić information content (AvgIpc) is 2.28. The van der Waals surface area contributed by atoms with E-state index >= 15 is 0 Å². The molecular formula is C12H12F3N3. The van der Waals surface area contributed by atoms with E-state index in [2.05, 4.69) is 5.32 Å². The molecule has 0 fully saturated rings. The number of dihydropyridines is 1. The van der Waals surface area contributed by atoms with Gasteiger partial charge in [-0.1, -0.05) is 12.1 Å². The maximum atomic E-state index is 12.4. The minimum atomic E-state index is -4.35. The lowest BCUT2D eigenvalue weighted by Gasteiger charge is -2.30. The number of alkyl halides is 3. The monoisotopic (exact) mass is 255 g/mol. The van der Waals surface area contributed by atoms with Gasteiger partial charge in [-0.3, -0.25) is 0 Å². The number of hydrogen-bond acceptors (Lipinski definition) is 3. The van der Waals surface area contributed by atoms with Crippen LogP contribution in [0.4, 0.5) is 13.2 Å². The molecule has 0 spiro atoms. The van der Waals surface area contributed by atoms with Crippen molar-refractivity contribution in [1.29, 1.82) is 0 Å². The van der Waals surface area contributed by atoms with Crippen LogP contribution < -0.4 is 16.8 Å². The Labute approximate surface area is 102 Å². The van der Waals surface area contributed by atoms with Crippen LogP contribution in [0.25, 0.3) is 0 Å². The maximum Gasteiger partial charge on any atom is 0.416 e. The highest BCUT2D eigenvalue weighted by Gasteiger charge is 2.31. The van der Waals surface area contributed by atoms with Gasteiger partial charge in [0.05, 0.1) is 5.56 Å². The molecule has 1 aliphatic rings. The Balaban J connectivity index is 2.33. The first-order valence-corrected chi connectivity index (χ1v) is 5.20. The summed E-state index contributed by atoms with van der Waals surface area (Å²) >= 11 is 0. The Bertz CT molecular complexity index is 502. The number of allylic oxidation sites excluding steroid dienone is 1. The van der Waals surface area contributed by atoms with Crippen molar-refractivity contribution in [3.63, 3.8) is 0 Å². The minimum Gasteiger partial charge on any atom is -0.399 e. The highest BCUT2D eigenvalue weighted by Crippen LogP contribution is 2.30. The Kier molecular flexibility index (Phi) is 2.82. The third kappa shape index (κ3) is 2.33. The lowest BCUT2D eigenvalue weighted by Crippen LogP contribution is -2.48. The van der Waals surface area contributed by atoms with Crippen molar-refractivity contribution < 1.29 is 13.2 Å². The summed E-state index contributed by atoms with van der Waals surface area (Å²) in [6.45, 7) is 0. The third-order valence-corrected chi connectivity index (χ3v) is 2.68. The molecule has 6 heteroatoms. The number of nitrogens with two attached hydrogens (primary N) is 2. The van der Waals surface area contributed by atoms with Gasteiger partial charge in [0, 0.05) is 11.9 Å². The number of benzene rings is 1. The fraction of sp³-hybridized carbons (Fsp3) is 0.167. The second kappa shape index (κ2) is 4.06. The molecule has 2 rings (SSSR count). The lowest BCUT2D eigenvalue weighted by molar-refractivity contribution is -0.137. The van der Waals surface area contributed by atoms with Gasteiger partial charge >= 0.3 is 6.18 Å². The van der Waals surface area contributed by atoms with Crippen molar-refractivity contribution >= 4 is 0 Å². The maximum absolute atomic E-state index is 12.4. The number of hydrogen-bond donors (Lipinski definition) is 3. The standard InChI is InChI=1S/C12H12F3N3/c13-12(14,15)9-3-1-8(2-4-9)11(17)7-10(16)5-6-18-11/h1-7,18H,16-17H2. The third-order valence-electron chi connectivity index (χ3n) is 2.68. The molecular weight excluding hydrogens is 243 g/mol. The minimum absolute atomic E-state index is 0.455. The van der Waals surface area contributed by atoms with Gasteiger partial charge in [0.2, 0.25) is 0 Å². The number of nitrogens with one attached hydrogen (secondary N) is 1. The van der Waals surface area contributed by atoms with Gasteiger partial charge in [-0.25, -0.2) is 0 Å². The molecule has 0 amide bonds. The van der Waals surface area contributed by atoms with Crippen LogP contribution in [-0.2, 0) is 11.8 Å². The zero-order chi connectivity index (χ0) is 13.4. The SMILES string of the molecule is NC1=CC(N)(c2ccc(C(F)(F)F)cc2)NC=C1. The summed E-state index contributed by atoms with van der Waals surface area (Å²) in [6.07, 6.45) is 0.382. The predicted molar refractivity (Wildman–Crippen MR) is 61.9 cm³/mol. The first-order valence-electron chi connectivity index (χ1n) is 5.20. The van der Waals surface area contributed by atoms with E-state index in [1.807, 2.05) is 0 Å². The van der Waals surface area contributed by atoms with Crippen LogP contribution in [0.15, 0.2) is 48.3 Å². The van der Waals surface area contributed by atoms with Crippen LogP contribution in [0.2, 0.25) is 0 Å². The lowest BCUT2D eigenvalue weighted by atomic mass is 9.96. The second-order valence-electron chi connectivity index (χ2n) is 4.07. The van der Waals surface area contributed by atoms with Gasteiger partial charge in [-0.2, -0.15) is 13.2 Å². The molecule has 1 heterocycles. The van der Waals surface area contributed by atoms with Crippen molar-refractivity contribution in [2.24, 2.45) is 11.5 Å². The molecule has 0 aromatic heterocycles. The molecule has 1 aliphatic heterocycles. The average molecular weight is 255 g/mol. The van der Waals surface area contributed by atoms with E-state index in [1.165, 1.54) is 12.1 Å². The number of rotatable bonds is 1. The fourth-order valence-corrected chi connectivity index (χ4v) is 1.73. The normalized spacial score (nSPS) is 23.4. The van der Waals surface area contributed by atoms with Gasteiger partial charge in [0.15, 0.2) is 0 Å². The Morgan fingerprint density at radius 1 is 1.11 bits per heavy atom. The molecule has 1 aromatic rings. The summed E-state index contributed by atoms with van der Waals surface area (Å²) in [6, 6.07) is 4.65. The van der Waals surface area contributed by atoms with Gasteiger partial charge in [0.1, 0.15) is 5.66 Å². The van der Waals surface area contributed by atoms with Crippen LogP contribution in [0, 0.1) is 0 Å². The first-order chi connectivity index (χ1) is 8.31. The first kappa shape index (κ1) is 12.5. The Morgan fingerprint density at radius 2 is 1.72 bits per heavy atom. The molecule has 0 saturated heterocycles. The van der Waals surface area contributed by atoms with Crippen LogP contribution in [0.1, 0.15) is 11.1 Å².